The van der Waals surface area contributed by atoms with Crippen molar-refractivity contribution in [3.63, 3.8) is 0 Å². The van der Waals surface area contributed by atoms with Gasteiger partial charge in [-0.2, -0.15) is 0 Å². The molecule has 0 saturated heterocycles. The first-order valence-corrected chi connectivity index (χ1v) is 8.35. The maximum absolute atomic E-state index is 11.4. The van der Waals surface area contributed by atoms with Crippen molar-refractivity contribution in [3.05, 3.63) is 53.7 Å². The Morgan fingerprint density at radius 1 is 1.35 bits per heavy atom. The predicted molar refractivity (Wildman–Crippen MR) is 97.3 cm³/mol. The number of nitrogens with zero attached hydrogens (tertiary/aromatic N) is 3. The Labute approximate surface area is 151 Å². The van der Waals surface area contributed by atoms with Crippen LogP contribution in [0.5, 0.6) is 0 Å². The maximum Gasteiger partial charge on any atom is 0.226 e. The Hall–Kier alpha value is -3.22. The molecule has 134 valence electrons. The first-order valence-electron chi connectivity index (χ1n) is 8.35. The van der Waals surface area contributed by atoms with Gasteiger partial charge in [0.1, 0.15) is 12.0 Å². The molecule has 3 rings (SSSR count). The Morgan fingerprint density at radius 3 is 2.88 bits per heavy atom. The molecule has 26 heavy (non-hydrogen) atoms. The molecule has 0 fully saturated rings. The van der Waals surface area contributed by atoms with Crippen LogP contribution in [0.4, 0.5) is 0 Å². The van der Waals surface area contributed by atoms with E-state index in [9.17, 15) is 9.59 Å². The molecule has 7 nitrogen and oxygen atoms in total. The van der Waals surface area contributed by atoms with Crippen LogP contribution >= 0.6 is 0 Å². The molecule has 1 atom stereocenters. The number of aromatic nitrogens is 1. The number of aldehydes is 2. The summed E-state index contributed by atoms with van der Waals surface area (Å²) in [6.07, 6.45) is 6.15. The lowest BCUT2D eigenvalue weighted by Crippen LogP contribution is -2.27. The molecule has 1 N–H and O–H groups in total. The van der Waals surface area contributed by atoms with Crippen molar-refractivity contribution in [3.8, 4) is 11.5 Å². The number of benzene rings is 1. The molecule has 1 aromatic heterocycles. The number of nitrogens with one attached hydrogen (secondary N) is 1. The van der Waals surface area contributed by atoms with E-state index in [1.807, 2.05) is 30.3 Å². The van der Waals surface area contributed by atoms with E-state index in [0.717, 1.165) is 24.6 Å². The van der Waals surface area contributed by atoms with Crippen LogP contribution in [0.1, 0.15) is 24.6 Å². The van der Waals surface area contributed by atoms with Gasteiger partial charge in [0.2, 0.25) is 5.89 Å². The van der Waals surface area contributed by atoms with E-state index in [-0.39, 0.29) is 12.6 Å². The standard InChI is InChI=1S/C19H20N4O3/c1-23(9-10-24)13-21-15-7-8-16(22-17(15)12-25)18-11-20-19(26-18)14-5-3-2-4-6-14/h2-6,10-13,16,22H,7-9H2,1H3. The lowest BCUT2D eigenvalue weighted by atomic mass is 10.0. The minimum Gasteiger partial charge on any atom is -0.439 e. The highest BCUT2D eigenvalue weighted by Gasteiger charge is 2.24. The number of hydrogen-bond acceptors (Lipinski definition) is 6. The minimum absolute atomic E-state index is 0.133. The van der Waals surface area contributed by atoms with Crippen molar-refractivity contribution >= 4 is 18.9 Å². The van der Waals surface area contributed by atoms with Gasteiger partial charge in [-0.1, -0.05) is 18.2 Å². The van der Waals surface area contributed by atoms with Gasteiger partial charge in [0.25, 0.3) is 0 Å². The van der Waals surface area contributed by atoms with Gasteiger partial charge in [0, 0.05) is 12.6 Å². The van der Waals surface area contributed by atoms with Crippen LogP contribution in [0.25, 0.3) is 11.5 Å². The van der Waals surface area contributed by atoms with E-state index in [4.69, 9.17) is 4.42 Å². The molecule has 0 aliphatic carbocycles. The van der Waals surface area contributed by atoms with Gasteiger partial charge in [0.15, 0.2) is 6.29 Å². The molecular weight excluding hydrogens is 332 g/mol. The molecule has 1 aliphatic heterocycles. The zero-order chi connectivity index (χ0) is 18.4. The van der Waals surface area contributed by atoms with E-state index >= 15 is 0 Å². The van der Waals surface area contributed by atoms with Crippen LogP contribution in [0.3, 0.4) is 0 Å². The fourth-order valence-electron chi connectivity index (χ4n) is 2.70. The molecule has 0 amide bonds. The highest BCUT2D eigenvalue weighted by atomic mass is 16.4. The average molecular weight is 352 g/mol. The van der Waals surface area contributed by atoms with Crippen LogP contribution in [0.15, 0.2) is 57.3 Å². The largest absolute Gasteiger partial charge is 0.439 e. The van der Waals surface area contributed by atoms with Gasteiger partial charge in [-0.05, 0) is 25.0 Å². The first kappa shape index (κ1) is 17.6. The van der Waals surface area contributed by atoms with Crippen molar-refractivity contribution in [2.45, 2.75) is 18.9 Å². The van der Waals surface area contributed by atoms with Gasteiger partial charge >= 0.3 is 0 Å². The summed E-state index contributed by atoms with van der Waals surface area (Å²) < 4.78 is 5.87. The monoisotopic (exact) mass is 352 g/mol. The van der Waals surface area contributed by atoms with Crippen molar-refractivity contribution < 1.29 is 14.0 Å². The van der Waals surface area contributed by atoms with Crippen LogP contribution in [-0.2, 0) is 9.59 Å². The van der Waals surface area contributed by atoms with Crippen molar-refractivity contribution in [1.29, 1.82) is 0 Å². The molecule has 2 aromatic rings. The van der Waals surface area contributed by atoms with Gasteiger partial charge in [-0.15, -0.1) is 0 Å². The Kier molecular flexibility index (Phi) is 5.58. The fourth-order valence-corrected chi connectivity index (χ4v) is 2.70. The van der Waals surface area contributed by atoms with Crippen LogP contribution in [0.2, 0.25) is 0 Å². The van der Waals surface area contributed by atoms with Gasteiger partial charge in [-0.3, -0.25) is 4.79 Å². The van der Waals surface area contributed by atoms with E-state index in [1.165, 1.54) is 0 Å². The number of carbonyl (C=O) groups is 2. The Morgan fingerprint density at radius 2 is 2.15 bits per heavy atom. The number of rotatable bonds is 7. The second kappa shape index (κ2) is 8.24. The second-order valence-corrected chi connectivity index (χ2v) is 6.00. The van der Waals surface area contributed by atoms with Crippen molar-refractivity contribution in [2.75, 3.05) is 13.6 Å². The number of allylic oxidation sites excluding steroid dienone is 2. The van der Waals surface area contributed by atoms with Crippen molar-refractivity contribution in [2.24, 2.45) is 4.99 Å². The zero-order valence-electron chi connectivity index (χ0n) is 14.5. The summed E-state index contributed by atoms with van der Waals surface area (Å²) in [5.74, 6) is 1.24. The smallest absolute Gasteiger partial charge is 0.226 e. The topological polar surface area (TPSA) is 87.8 Å². The van der Waals surface area contributed by atoms with Crippen LogP contribution < -0.4 is 5.32 Å². The number of hydrogen-bond donors (Lipinski definition) is 1. The highest BCUT2D eigenvalue weighted by Crippen LogP contribution is 2.30. The van der Waals surface area contributed by atoms with E-state index in [0.29, 0.717) is 29.5 Å². The van der Waals surface area contributed by atoms with E-state index < -0.39 is 0 Å². The fraction of sp³-hybridized carbons (Fsp3) is 0.263. The zero-order valence-corrected chi connectivity index (χ0v) is 14.5. The lowest BCUT2D eigenvalue weighted by molar-refractivity contribution is -0.108. The number of oxazole rings is 1. The third-order valence-electron chi connectivity index (χ3n) is 4.09. The van der Waals surface area contributed by atoms with Gasteiger partial charge < -0.3 is 19.4 Å². The average Bonchev–Trinajstić information content (AvgIpc) is 3.17. The third-order valence-corrected chi connectivity index (χ3v) is 4.09. The molecule has 0 bridgehead atoms. The third kappa shape index (κ3) is 4.05. The van der Waals surface area contributed by atoms with E-state index in [2.05, 4.69) is 15.3 Å². The summed E-state index contributed by atoms with van der Waals surface area (Å²) in [6, 6.07) is 9.53. The minimum atomic E-state index is -0.133. The lowest BCUT2D eigenvalue weighted by Gasteiger charge is -2.24. The molecular formula is C19H20N4O3. The maximum atomic E-state index is 11.4. The normalized spacial score (nSPS) is 17.2. The number of aliphatic imine (C=N–C) groups is 1. The summed E-state index contributed by atoms with van der Waals surface area (Å²) in [6.45, 7) is 0.254. The molecule has 2 heterocycles. The summed E-state index contributed by atoms with van der Waals surface area (Å²) in [7, 11) is 1.75. The number of likely N-dealkylation sites (N-methyl/N-ethyl adjacent to an activating group) is 1. The molecule has 1 aromatic carbocycles. The number of carbonyl (C=O) groups excluding carboxylic acids is 2. The Balaban J connectivity index is 1.74. The molecule has 0 saturated carbocycles. The van der Waals surface area contributed by atoms with Gasteiger partial charge in [-0.25, -0.2) is 9.98 Å². The molecule has 1 unspecified atom stereocenters. The Bertz CT molecular complexity index is 826. The SMILES string of the molecule is CN(C=NC1=C(C=O)NC(c2cnc(-c3ccccc3)o2)CC1)CC=O. The first-order chi connectivity index (χ1) is 12.7. The van der Waals surface area contributed by atoms with Crippen molar-refractivity contribution in [1.82, 2.24) is 15.2 Å². The molecule has 7 heteroatoms. The quantitative estimate of drug-likeness (QED) is 0.467. The molecule has 0 radical (unpaired) electrons. The molecule has 1 aliphatic rings. The van der Waals surface area contributed by atoms with E-state index in [1.54, 1.807) is 24.5 Å². The highest BCUT2D eigenvalue weighted by molar-refractivity contribution is 5.75. The molecule has 0 spiro atoms. The second-order valence-electron chi connectivity index (χ2n) is 6.00. The van der Waals surface area contributed by atoms with Crippen LogP contribution in [-0.4, -0.2) is 42.4 Å². The van der Waals surface area contributed by atoms with Gasteiger partial charge in [0.05, 0.1) is 36.5 Å². The summed E-state index contributed by atoms with van der Waals surface area (Å²) in [4.78, 5) is 32.2. The summed E-state index contributed by atoms with van der Waals surface area (Å²) in [5, 5.41) is 3.17. The van der Waals surface area contributed by atoms with Crippen LogP contribution in [0, 0.1) is 0 Å². The summed E-state index contributed by atoms with van der Waals surface area (Å²) >= 11 is 0. The summed E-state index contributed by atoms with van der Waals surface area (Å²) in [5.41, 5.74) is 2.00. The predicted octanol–water partition coefficient (Wildman–Crippen LogP) is 2.34.